The summed E-state index contributed by atoms with van der Waals surface area (Å²) in [6, 6.07) is 9.54. The molecule has 2 aromatic rings. The monoisotopic (exact) mass is 243 g/mol. The lowest BCUT2D eigenvalue weighted by atomic mass is 10.00. The van der Waals surface area contributed by atoms with Crippen molar-refractivity contribution < 1.29 is 4.42 Å². The Balaban J connectivity index is 1.94. The molecule has 1 aliphatic heterocycles. The van der Waals surface area contributed by atoms with Crippen LogP contribution in [-0.2, 0) is 0 Å². The van der Waals surface area contributed by atoms with Crippen molar-refractivity contribution in [2.75, 3.05) is 11.4 Å². The fourth-order valence-corrected chi connectivity index (χ4v) is 2.68. The first-order valence-corrected chi connectivity index (χ1v) is 6.38. The van der Waals surface area contributed by atoms with Gasteiger partial charge in [0.05, 0.1) is 6.04 Å². The summed E-state index contributed by atoms with van der Waals surface area (Å²) in [5.41, 5.74) is 2.69. The van der Waals surface area contributed by atoms with E-state index in [0.29, 0.717) is 17.9 Å². The number of hydrogen-bond donors (Lipinski definition) is 0. The second-order valence-corrected chi connectivity index (χ2v) is 4.81. The summed E-state index contributed by atoms with van der Waals surface area (Å²) in [4.78, 5) is 2.22. The van der Waals surface area contributed by atoms with Gasteiger partial charge in [0.25, 0.3) is 0 Å². The normalized spacial score (nSPS) is 19.4. The summed E-state index contributed by atoms with van der Waals surface area (Å²) in [6.07, 6.45) is 2.31. The van der Waals surface area contributed by atoms with E-state index in [1.54, 1.807) is 0 Å². The van der Waals surface area contributed by atoms with Crippen LogP contribution in [-0.4, -0.2) is 16.7 Å². The summed E-state index contributed by atoms with van der Waals surface area (Å²) >= 11 is 0. The molecular formula is C14H17N3O. The minimum atomic E-state index is 0.367. The van der Waals surface area contributed by atoms with Gasteiger partial charge in [0.1, 0.15) is 0 Å². The van der Waals surface area contributed by atoms with Crippen LogP contribution in [0, 0.1) is 13.8 Å². The van der Waals surface area contributed by atoms with Crippen LogP contribution >= 0.6 is 0 Å². The van der Waals surface area contributed by atoms with Gasteiger partial charge in [-0.3, -0.25) is 0 Å². The Labute approximate surface area is 107 Å². The minimum Gasteiger partial charge on any atom is -0.408 e. The highest BCUT2D eigenvalue weighted by Crippen LogP contribution is 2.36. The maximum absolute atomic E-state index is 5.56. The molecule has 0 spiro atoms. The van der Waals surface area contributed by atoms with Gasteiger partial charge in [0.15, 0.2) is 0 Å². The smallest absolute Gasteiger partial charge is 0.318 e. The summed E-state index contributed by atoms with van der Waals surface area (Å²) < 4.78 is 5.56. The standard InChI is InChI=1S/C14H17N3O/c1-10-6-3-4-7-12(10)13-8-5-9-17(13)14-16-15-11(2)18-14/h3-4,6-7,13H,5,8-9H2,1-2H3/t13-/m1/s1. The van der Waals surface area contributed by atoms with Crippen molar-refractivity contribution in [1.29, 1.82) is 0 Å². The minimum absolute atomic E-state index is 0.367. The molecule has 2 heterocycles. The predicted molar refractivity (Wildman–Crippen MR) is 69.5 cm³/mol. The van der Waals surface area contributed by atoms with E-state index in [4.69, 9.17) is 4.42 Å². The molecule has 94 valence electrons. The van der Waals surface area contributed by atoms with Crippen molar-refractivity contribution >= 4 is 6.01 Å². The number of hydrogen-bond acceptors (Lipinski definition) is 4. The van der Waals surface area contributed by atoms with Crippen LogP contribution in [0.4, 0.5) is 6.01 Å². The van der Waals surface area contributed by atoms with Crippen molar-refractivity contribution in [3.63, 3.8) is 0 Å². The van der Waals surface area contributed by atoms with E-state index in [1.807, 2.05) is 6.92 Å². The zero-order valence-electron chi connectivity index (χ0n) is 10.8. The number of rotatable bonds is 2. The molecule has 0 N–H and O–H groups in total. The summed E-state index contributed by atoms with van der Waals surface area (Å²) in [6.45, 7) is 4.97. The number of anilines is 1. The molecular weight excluding hydrogens is 226 g/mol. The van der Waals surface area contributed by atoms with E-state index in [2.05, 4.69) is 46.3 Å². The zero-order chi connectivity index (χ0) is 12.5. The SMILES string of the molecule is Cc1nnc(N2CCC[C@@H]2c2ccccc2C)o1. The molecule has 0 saturated carbocycles. The largest absolute Gasteiger partial charge is 0.408 e. The molecule has 0 bridgehead atoms. The highest BCUT2D eigenvalue weighted by Gasteiger charge is 2.30. The molecule has 1 aliphatic rings. The van der Waals surface area contributed by atoms with Gasteiger partial charge in [0, 0.05) is 13.5 Å². The third kappa shape index (κ3) is 1.88. The number of aromatic nitrogens is 2. The molecule has 0 amide bonds. The van der Waals surface area contributed by atoms with Gasteiger partial charge in [0.2, 0.25) is 5.89 Å². The van der Waals surface area contributed by atoms with Crippen molar-refractivity contribution in [2.24, 2.45) is 0 Å². The van der Waals surface area contributed by atoms with E-state index in [0.717, 1.165) is 13.0 Å². The number of aryl methyl sites for hydroxylation is 2. The van der Waals surface area contributed by atoms with Crippen LogP contribution in [0.3, 0.4) is 0 Å². The fourth-order valence-electron chi connectivity index (χ4n) is 2.68. The lowest BCUT2D eigenvalue weighted by molar-refractivity contribution is 0.498. The zero-order valence-corrected chi connectivity index (χ0v) is 10.8. The topological polar surface area (TPSA) is 42.2 Å². The first kappa shape index (κ1) is 11.3. The maximum atomic E-state index is 5.56. The Morgan fingerprint density at radius 1 is 1.22 bits per heavy atom. The average Bonchev–Trinajstić information content (AvgIpc) is 2.98. The van der Waals surface area contributed by atoms with Crippen LogP contribution in [0.15, 0.2) is 28.7 Å². The molecule has 1 atom stereocenters. The van der Waals surface area contributed by atoms with E-state index >= 15 is 0 Å². The second-order valence-electron chi connectivity index (χ2n) is 4.81. The molecule has 4 heteroatoms. The van der Waals surface area contributed by atoms with E-state index in [9.17, 15) is 0 Å². The summed E-state index contributed by atoms with van der Waals surface area (Å²) in [7, 11) is 0. The first-order valence-electron chi connectivity index (χ1n) is 6.38. The van der Waals surface area contributed by atoms with Crippen LogP contribution in [0.5, 0.6) is 0 Å². The number of nitrogens with zero attached hydrogens (tertiary/aromatic N) is 3. The third-order valence-electron chi connectivity index (χ3n) is 3.56. The highest BCUT2D eigenvalue weighted by atomic mass is 16.4. The highest BCUT2D eigenvalue weighted by molar-refractivity contribution is 5.39. The van der Waals surface area contributed by atoms with E-state index in [-0.39, 0.29) is 0 Å². The van der Waals surface area contributed by atoms with Gasteiger partial charge in [-0.1, -0.05) is 29.4 Å². The van der Waals surface area contributed by atoms with Crippen molar-refractivity contribution in [2.45, 2.75) is 32.7 Å². The summed E-state index contributed by atoms with van der Waals surface area (Å²) in [5, 5.41) is 8.07. The molecule has 1 saturated heterocycles. The first-order chi connectivity index (χ1) is 8.75. The van der Waals surface area contributed by atoms with Crippen LogP contribution in [0.2, 0.25) is 0 Å². The predicted octanol–water partition coefficient (Wildman–Crippen LogP) is 3.03. The molecule has 18 heavy (non-hydrogen) atoms. The van der Waals surface area contributed by atoms with Gasteiger partial charge in [-0.15, -0.1) is 5.10 Å². The van der Waals surface area contributed by atoms with Crippen LogP contribution in [0.25, 0.3) is 0 Å². The van der Waals surface area contributed by atoms with Gasteiger partial charge in [-0.2, -0.15) is 0 Å². The van der Waals surface area contributed by atoms with Gasteiger partial charge in [-0.25, -0.2) is 0 Å². The van der Waals surface area contributed by atoms with Crippen LogP contribution < -0.4 is 4.90 Å². The molecule has 1 fully saturated rings. The molecule has 0 unspecified atom stereocenters. The van der Waals surface area contributed by atoms with Crippen LogP contribution in [0.1, 0.15) is 35.9 Å². The van der Waals surface area contributed by atoms with Crippen molar-refractivity contribution in [1.82, 2.24) is 10.2 Å². The molecule has 3 rings (SSSR count). The molecule has 0 aliphatic carbocycles. The quantitative estimate of drug-likeness (QED) is 0.813. The Bertz CT molecular complexity index is 549. The Morgan fingerprint density at radius 2 is 2.06 bits per heavy atom. The molecule has 0 radical (unpaired) electrons. The summed E-state index contributed by atoms with van der Waals surface area (Å²) in [5.74, 6) is 0.625. The lowest BCUT2D eigenvalue weighted by Crippen LogP contribution is -2.23. The molecule has 1 aromatic carbocycles. The second kappa shape index (κ2) is 4.44. The third-order valence-corrected chi connectivity index (χ3v) is 3.56. The van der Waals surface area contributed by atoms with Crippen molar-refractivity contribution in [3.8, 4) is 0 Å². The van der Waals surface area contributed by atoms with E-state index in [1.165, 1.54) is 17.5 Å². The Kier molecular flexibility index (Phi) is 2.78. The fraction of sp³-hybridized carbons (Fsp3) is 0.429. The molecule has 1 aromatic heterocycles. The van der Waals surface area contributed by atoms with Gasteiger partial charge >= 0.3 is 6.01 Å². The lowest BCUT2D eigenvalue weighted by Gasteiger charge is -2.24. The number of benzene rings is 1. The van der Waals surface area contributed by atoms with E-state index < -0.39 is 0 Å². The van der Waals surface area contributed by atoms with Crippen molar-refractivity contribution in [3.05, 3.63) is 41.3 Å². The Hall–Kier alpha value is -1.84. The maximum Gasteiger partial charge on any atom is 0.318 e. The Morgan fingerprint density at radius 3 is 2.78 bits per heavy atom. The van der Waals surface area contributed by atoms with Gasteiger partial charge < -0.3 is 9.32 Å². The molecule has 4 nitrogen and oxygen atoms in total. The van der Waals surface area contributed by atoms with Gasteiger partial charge in [-0.05, 0) is 30.9 Å². The average molecular weight is 243 g/mol.